The molecule has 6 heteroatoms. The van der Waals surface area contributed by atoms with Gasteiger partial charge < -0.3 is 9.52 Å². The van der Waals surface area contributed by atoms with Crippen LogP contribution in [0.1, 0.15) is 28.6 Å². The molecule has 0 aliphatic carbocycles. The Labute approximate surface area is 114 Å². The van der Waals surface area contributed by atoms with Gasteiger partial charge in [-0.05, 0) is 38.1 Å². The molecule has 0 saturated carbocycles. The average Bonchev–Trinajstić information content (AvgIpc) is 2.84. The number of nitrogens with zero attached hydrogens (tertiary/aromatic N) is 1. The summed E-state index contributed by atoms with van der Waals surface area (Å²) in [6.07, 6.45) is 1.40. The second-order valence-corrected chi connectivity index (χ2v) is 4.19. The van der Waals surface area contributed by atoms with Gasteiger partial charge in [-0.2, -0.15) is 5.10 Å². The molecule has 5 nitrogen and oxygen atoms in total. The second kappa shape index (κ2) is 5.56. The normalized spacial score (nSPS) is 11.4. The van der Waals surface area contributed by atoms with Crippen molar-refractivity contribution in [1.29, 1.82) is 0 Å². The zero-order valence-corrected chi connectivity index (χ0v) is 11.0. The summed E-state index contributed by atoms with van der Waals surface area (Å²) in [5.74, 6) is -0.568. The molecule has 0 atom stereocenters. The maximum Gasteiger partial charge on any atom is 0.274 e. The summed E-state index contributed by atoms with van der Waals surface area (Å²) in [6.45, 7) is 3.21. The van der Waals surface area contributed by atoms with Gasteiger partial charge in [0.25, 0.3) is 5.91 Å². The highest BCUT2D eigenvalue weighted by Crippen LogP contribution is 2.18. The molecule has 1 heterocycles. The van der Waals surface area contributed by atoms with Crippen molar-refractivity contribution in [2.75, 3.05) is 0 Å². The first-order valence-electron chi connectivity index (χ1n) is 5.86. The smallest absolute Gasteiger partial charge is 0.274 e. The molecular formula is C14H13FN2O3. The molecule has 0 bridgehead atoms. The van der Waals surface area contributed by atoms with Crippen molar-refractivity contribution in [3.05, 3.63) is 53.2 Å². The molecule has 0 saturated heterocycles. The molecule has 2 aromatic rings. The lowest BCUT2D eigenvalue weighted by Gasteiger charge is -2.05. The van der Waals surface area contributed by atoms with Crippen LogP contribution in [0, 0.1) is 12.7 Å². The number of nitrogens with one attached hydrogen (secondary N) is 1. The molecule has 1 amide bonds. The molecule has 20 heavy (non-hydrogen) atoms. The molecular weight excluding hydrogens is 263 g/mol. The number of aryl methyl sites for hydroxylation is 1. The zero-order valence-electron chi connectivity index (χ0n) is 11.0. The number of halogens is 1. The van der Waals surface area contributed by atoms with Crippen molar-refractivity contribution in [2.45, 2.75) is 13.8 Å². The van der Waals surface area contributed by atoms with Gasteiger partial charge in [0.2, 0.25) is 0 Å². The van der Waals surface area contributed by atoms with E-state index in [1.807, 2.05) is 0 Å². The molecule has 2 rings (SSSR count). The minimum absolute atomic E-state index is 0.110. The van der Waals surface area contributed by atoms with Crippen molar-refractivity contribution < 1.29 is 18.7 Å². The Morgan fingerprint density at radius 3 is 2.75 bits per heavy atom. The second-order valence-electron chi connectivity index (χ2n) is 4.19. The first kappa shape index (κ1) is 13.8. The fourth-order valence-corrected chi connectivity index (χ4v) is 1.67. The zero-order chi connectivity index (χ0) is 14.7. The van der Waals surface area contributed by atoms with Crippen LogP contribution >= 0.6 is 0 Å². The Balaban J connectivity index is 2.17. The number of aromatic hydroxyl groups is 1. The van der Waals surface area contributed by atoms with Crippen molar-refractivity contribution in [3.8, 4) is 5.75 Å². The fourth-order valence-electron chi connectivity index (χ4n) is 1.67. The van der Waals surface area contributed by atoms with E-state index in [0.29, 0.717) is 11.3 Å². The molecule has 0 unspecified atom stereocenters. The highest BCUT2D eigenvalue weighted by atomic mass is 19.1. The van der Waals surface area contributed by atoms with Crippen molar-refractivity contribution in [1.82, 2.24) is 5.43 Å². The Hall–Kier alpha value is -2.63. The average molecular weight is 276 g/mol. The van der Waals surface area contributed by atoms with Crippen molar-refractivity contribution in [3.63, 3.8) is 0 Å². The number of carbonyl (C=O) groups is 1. The van der Waals surface area contributed by atoms with Crippen LogP contribution in [-0.4, -0.2) is 16.7 Å². The number of carbonyl (C=O) groups excluding carboxylic acids is 1. The summed E-state index contributed by atoms with van der Waals surface area (Å²) < 4.78 is 18.1. The molecule has 1 aromatic heterocycles. The number of benzene rings is 1. The van der Waals surface area contributed by atoms with E-state index in [-0.39, 0.29) is 17.0 Å². The van der Waals surface area contributed by atoms with E-state index in [0.717, 1.165) is 12.1 Å². The molecule has 0 aliphatic rings. The lowest BCUT2D eigenvalue weighted by Crippen LogP contribution is -2.19. The summed E-state index contributed by atoms with van der Waals surface area (Å²) >= 11 is 0. The number of rotatable bonds is 3. The van der Waals surface area contributed by atoms with Crippen LogP contribution in [0.4, 0.5) is 4.39 Å². The molecule has 2 N–H and O–H groups in total. The van der Waals surface area contributed by atoms with Gasteiger partial charge in [-0.25, -0.2) is 9.82 Å². The van der Waals surface area contributed by atoms with Crippen LogP contribution in [0.3, 0.4) is 0 Å². The maximum atomic E-state index is 13.1. The highest BCUT2D eigenvalue weighted by molar-refractivity contribution is 6.02. The molecule has 1 aromatic carbocycles. The number of hydrazone groups is 1. The van der Waals surface area contributed by atoms with E-state index in [4.69, 9.17) is 4.42 Å². The van der Waals surface area contributed by atoms with Gasteiger partial charge in [0.05, 0.1) is 17.5 Å². The molecule has 0 radical (unpaired) electrons. The third-order valence-electron chi connectivity index (χ3n) is 2.78. The summed E-state index contributed by atoms with van der Waals surface area (Å²) in [5, 5.41) is 13.5. The highest BCUT2D eigenvalue weighted by Gasteiger charge is 2.11. The first-order valence-corrected chi connectivity index (χ1v) is 5.86. The molecule has 104 valence electrons. The largest absolute Gasteiger partial charge is 0.507 e. The number of hydrogen-bond donors (Lipinski definition) is 2. The third kappa shape index (κ3) is 2.85. The van der Waals surface area contributed by atoms with Gasteiger partial charge in [0.15, 0.2) is 0 Å². The minimum Gasteiger partial charge on any atom is -0.507 e. The third-order valence-corrected chi connectivity index (χ3v) is 2.78. The summed E-state index contributed by atoms with van der Waals surface area (Å²) in [5.41, 5.74) is 3.20. The van der Waals surface area contributed by atoms with Gasteiger partial charge in [-0.15, -0.1) is 0 Å². The van der Waals surface area contributed by atoms with Crippen LogP contribution in [-0.2, 0) is 0 Å². The van der Waals surface area contributed by atoms with Crippen LogP contribution in [0.15, 0.2) is 40.0 Å². The summed E-state index contributed by atoms with van der Waals surface area (Å²) in [6, 6.07) is 5.03. The SMILES string of the molecule is C/C(=N\NC(=O)c1ccoc1C)c1cc(F)ccc1O. The lowest BCUT2D eigenvalue weighted by atomic mass is 10.1. The van der Waals surface area contributed by atoms with E-state index in [1.165, 1.54) is 18.4 Å². The lowest BCUT2D eigenvalue weighted by molar-refractivity contribution is 0.0953. The monoisotopic (exact) mass is 276 g/mol. The minimum atomic E-state index is -0.496. The van der Waals surface area contributed by atoms with Crippen molar-refractivity contribution >= 4 is 11.6 Å². The van der Waals surface area contributed by atoms with Crippen LogP contribution in [0.2, 0.25) is 0 Å². The number of hydrogen-bond acceptors (Lipinski definition) is 4. The Morgan fingerprint density at radius 1 is 1.35 bits per heavy atom. The molecule has 0 spiro atoms. The van der Waals surface area contributed by atoms with Gasteiger partial charge in [-0.1, -0.05) is 0 Å². The van der Waals surface area contributed by atoms with E-state index in [9.17, 15) is 14.3 Å². The van der Waals surface area contributed by atoms with Crippen LogP contribution in [0.5, 0.6) is 5.75 Å². The predicted molar refractivity (Wildman–Crippen MR) is 71.2 cm³/mol. The van der Waals surface area contributed by atoms with Gasteiger partial charge in [-0.3, -0.25) is 4.79 Å². The first-order chi connectivity index (χ1) is 9.49. The Bertz CT molecular complexity index is 677. The molecule has 0 fully saturated rings. The number of amides is 1. The van der Waals surface area contributed by atoms with Crippen molar-refractivity contribution in [2.24, 2.45) is 5.10 Å². The molecule has 0 aliphatic heterocycles. The fraction of sp³-hybridized carbons (Fsp3) is 0.143. The Kier molecular flexibility index (Phi) is 3.84. The predicted octanol–water partition coefficient (Wildman–Crippen LogP) is 2.59. The van der Waals surface area contributed by atoms with E-state index in [2.05, 4.69) is 10.5 Å². The van der Waals surface area contributed by atoms with Crippen LogP contribution < -0.4 is 5.43 Å². The standard InChI is InChI=1S/C14H13FN2O3/c1-8(12-7-10(15)3-4-13(12)18)16-17-14(19)11-5-6-20-9(11)2/h3-7,18H,1-2H3,(H,17,19)/b16-8+. The van der Waals surface area contributed by atoms with E-state index < -0.39 is 11.7 Å². The number of furan rings is 1. The maximum absolute atomic E-state index is 13.1. The number of phenolic OH excluding ortho intramolecular Hbond substituents is 1. The topological polar surface area (TPSA) is 74.8 Å². The van der Waals surface area contributed by atoms with Gasteiger partial charge in [0.1, 0.15) is 17.3 Å². The summed E-state index contributed by atoms with van der Waals surface area (Å²) in [4.78, 5) is 11.8. The van der Waals surface area contributed by atoms with Gasteiger partial charge >= 0.3 is 0 Å². The summed E-state index contributed by atoms with van der Waals surface area (Å²) in [7, 11) is 0. The Morgan fingerprint density at radius 2 is 2.10 bits per heavy atom. The quantitative estimate of drug-likeness (QED) is 0.668. The van der Waals surface area contributed by atoms with Crippen LogP contribution in [0.25, 0.3) is 0 Å². The van der Waals surface area contributed by atoms with E-state index in [1.54, 1.807) is 13.8 Å². The van der Waals surface area contributed by atoms with Gasteiger partial charge in [0, 0.05) is 5.56 Å². The van der Waals surface area contributed by atoms with E-state index >= 15 is 0 Å². The number of phenols is 1.